The van der Waals surface area contributed by atoms with E-state index in [1.54, 1.807) is 6.07 Å². The van der Waals surface area contributed by atoms with Crippen LogP contribution < -0.4 is 11.1 Å². The second-order valence-corrected chi connectivity index (χ2v) is 5.21. The highest BCUT2D eigenvalue weighted by molar-refractivity contribution is 5.42. The van der Waals surface area contributed by atoms with Crippen molar-refractivity contribution < 1.29 is 5.11 Å². The van der Waals surface area contributed by atoms with Crippen molar-refractivity contribution >= 4 is 11.6 Å². The molecule has 0 atom stereocenters. The summed E-state index contributed by atoms with van der Waals surface area (Å²) in [6, 6.07) is 5.48. The topological polar surface area (TPSA) is 71.2 Å². The highest BCUT2D eigenvalue weighted by Crippen LogP contribution is 2.31. The average molecular weight is 235 g/mol. The monoisotopic (exact) mass is 235 g/mol. The van der Waals surface area contributed by atoms with Crippen molar-refractivity contribution in [2.24, 2.45) is 5.92 Å². The lowest BCUT2D eigenvalue weighted by Crippen LogP contribution is -2.40. The number of hydrogen-bond donors (Lipinski definition) is 3. The maximum absolute atomic E-state index is 10.4. The first-order valence-electron chi connectivity index (χ1n) is 6.26. The van der Waals surface area contributed by atoms with Gasteiger partial charge in [-0.25, -0.2) is 4.98 Å². The largest absolute Gasteiger partial charge is 0.388 e. The molecule has 4 nitrogen and oxygen atoms in total. The third kappa shape index (κ3) is 3.33. The number of aliphatic hydroxyl groups is 1. The summed E-state index contributed by atoms with van der Waals surface area (Å²) in [5, 5.41) is 13.6. The van der Waals surface area contributed by atoms with E-state index in [4.69, 9.17) is 5.73 Å². The van der Waals surface area contributed by atoms with Gasteiger partial charge in [-0.1, -0.05) is 13.0 Å². The number of anilines is 2. The van der Waals surface area contributed by atoms with E-state index < -0.39 is 5.60 Å². The van der Waals surface area contributed by atoms with Gasteiger partial charge >= 0.3 is 0 Å². The fourth-order valence-corrected chi connectivity index (χ4v) is 2.28. The van der Waals surface area contributed by atoms with Gasteiger partial charge in [-0.3, -0.25) is 0 Å². The van der Waals surface area contributed by atoms with Crippen LogP contribution >= 0.6 is 0 Å². The Hall–Kier alpha value is -1.29. The minimum absolute atomic E-state index is 0.499. The van der Waals surface area contributed by atoms with Crippen molar-refractivity contribution in [3.8, 4) is 0 Å². The standard InChI is InChI=1S/C13H21N3O/c1-10-5-7-13(17,8-6-10)9-15-12-4-2-3-11(14)16-12/h2-4,10,17H,5-9H2,1H3,(H3,14,15,16). The molecule has 0 aromatic carbocycles. The van der Waals surface area contributed by atoms with Crippen molar-refractivity contribution in [3.63, 3.8) is 0 Å². The van der Waals surface area contributed by atoms with Gasteiger partial charge < -0.3 is 16.2 Å². The van der Waals surface area contributed by atoms with E-state index in [0.717, 1.165) is 37.4 Å². The average Bonchev–Trinajstić information content (AvgIpc) is 2.31. The van der Waals surface area contributed by atoms with Gasteiger partial charge in [0.25, 0.3) is 0 Å². The first-order valence-corrected chi connectivity index (χ1v) is 6.26. The molecule has 0 saturated heterocycles. The van der Waals surface area contributed by atoms with Gasteiger partial charge in [-0.15, -0.1) is 0 Å². The quantitative estimate of drug-likeness (QED) is 0.749. The predicted octanol–water partition coefficient (Wildman–Crippen LogP) is 2.02. The summed E-state index contributed by atoms with van der Waals surface area (Å²) in [6.45, 7) is 2.79. The van der Waals surface area contributed by atoms with Crippen LogP contribution in [0, 0.1) is 5.92 Å². The molecule has 1 aliphatic rings. The Bertz CT molecular complexity index is 373. The molecular weight excluding hydrogens is 214 g/mol. The molecule has 1 aromatic heterocycles. The van der Waals surface area contributed by atoms with E-state index in [2.05, 4.69) is 17.2 Å². The lowest BCUT2D eigenvalue weighted by atomic mass is 9.79. The zero-order valence-corrected chi connectivity index (χ0v) is 10.3. The summed E-state index contributed by atoms with van der Waals surface area (Å²) in [7, 11) is 0. The molecule has 0 unspecified atom stereocenters. The molecule has 17 heavy (non-hydrogen) atoms. The van der Waals surface area contributed by atoms with Crippen molar-refractivity contribution in [1.29, 1.82) is 0 Å². The maximum Gasteiger partial charge on any atom is 0.128 e. The van der Waals surface area contributed by atoms with E-state index >= 15 is 0 Å². The molecule has 1 heterocycles. The van der Waals surface area contributed by atoms with Gasteiger partial charge in [0.15, 0.2) is 0 Å². The van der Waals surface area contributed by atoms with E-state index in [0.29, 0.717) is 12.4 Å². The molecule has 0 aliphatic heterocycles. The van der Waals surface area contributed by atoms with E-state index in [9.17, 15) is 5.11 Å². The van der Waals surface area contributed by atoms with Crippen molar-refractivity contribution in [2.45, 2.75) is 38.2 Å². The molecule has 1 saturated carbocycles. The second-order valence-electron chi connectivity index (χ2n) is 5.21. The number of nitrogen functional groups attached to an aromatic ring is 1. The molecule has 0 spiro atoms. The zero-order valence-electron chi connectivity index (χ0n) is 10.3. The normalized spacial score (nSPS) is 28.9. The number of nitrogens with two attached hydrogens (primary N) is 1. The highest BCUT2D eigenvalue weighted by Gasteiger charge is 2.31. The van der Waals surface area contributed by atoms with Crippen LogP contribution in [0.3, 0.4) is 0 Å². The number of hydrogen-bond acceptors (Lipinski definition) is 4. The third-order valence-electron chi connectivity index (χ3n) is 3.57. The minimum atomic E-state index is -0.585. The van der Waals surface area contributed by atoms with Crippen LogP contribution in [-0.2, 0) is 0 Å². The summed E-state index contributed by atoms with van der Waals surface area (Å²) in [5.74, 6) is 1.97. The van der Waals surface area contributed by atoms with Crippen LogP contribution in [0.15, 0.2) is 18.2 Å². The van der Waals surface area contributed by atoms with Gasteiger partial charge in [-0.05, 0) is 43.7 Å². The van der Waals surface area contributed by atoms with Gasteiger partial charge in [-0.2, -0.15) is 0 Å². The number of rotatable bonds is 3. The Kier molecular flexibility index (Phi) is 3.52. The molecule has 2 rings (SSSR count). The van der Waals surface area contributed by atoms with Crippen molar-refractivity contribution in [1.82, 2.24) is 4.98 Å². The van der Waals surface area contributed by atoms with Gasteiger partial charge in [0, 0.05) is 6.54 Å². The van der Waals surface area contributed by atoms with Crippen LogP contribution in [0.4, 0.5) is 11.6 Å². The van der Waals surface area contributed by atoms with E-state index in [-0.39, 0.29) is 0 Å². The molecule has 1 aliphatic carbocycles. The molecule has 0 amide bonds. The molecule has 1 aromatic rings. The Morgan fingerprint density at radius 3 is 2.82 bits per heavy atom. The van der Waals surface area contributed by atoms with Crippen LogP contribution in [0.2, 0.25) is 0 Å². The molecule has 4 heteroatoms. The number of pyridine rings is 1. The number of aromatic nitrogens is 1. The molecule has 4 N–H and O–H groups in total. The summed E-state index contributed by atoms with van der Waals surface area (Å²) in [4.78, 5) is 4.16. The zero-order chi connectivity index (χ0) is 12.3. The highest BCUT2D eigenvalue weighted by atomic mass is 16.3. The molecule has 1 fully saturated rings. The fraction of sp³-hybridized carbons (Fsp3) is 0.615. The Morgan fingerprint density at radius 1 is 1.47 bits per heavy atom. The Labute approximate surface area is 102 Å². The predicted molar refractivity (Wildman–Crippen MR) is 69.7 cm³/mol. The van der Waals surface area contributed by atoms with Gasteiger partial charge in [0.1, 0.15) is 11.6 Å². The maximum atomic E-state index is 10.4. The Balaban J connectivity index is 1.89. The summed E-state index contributed by atoms with van der Waals surface area (Å²) < 4.78 is 0. The van der Waals surface area contributed by atoms with Crippen LogP contribution in [0.5, 0.6) is 0 Å². The first kappa shape index (κ1) is 12.2. The van der Waals surface area contributed by atoms with Gasteiger partial charge in [0.05, 0.1) is 5.60 Å². The van der Waals surface area contributed by atoms with Crippen LogP contribution in [-0.4, -0.2) is 22.2 Å². The lowest BCUT2D eigenvalue weighted by molar-refractivity contribution is 0.00495. The van der Waals surface area contributed by atoms with Crippen LogP contribution in [0.25, 0.3) is 0 Å². The summed E-state index contributed by atoms with van der Waals surface area (Å²) in [6.07, 6.45) is 3.93. The number of nitrogens with one attached hydrogen (secondary N) is 1. The summed E-state index contributed by atoms with van der Waals surface area (Å²) in [5.41, 5.74) is 5.02. The second kappa shape index (κ2) is 4.92. The third-order valence-corrected chi connectivity index (χ3v) is 3.57. The fourth-order valence-electron chi connectivity index (χ4n) is 2.28. The van der Waals surface area contributed by atoms with E-state index in [1.165, 1.54) is 0 Å². The molecular formula is C13H21N3O. The Morgan fingerprint density at radius 2 is 2.18 bits per heavy atom. The van der Waals surface area contributed by atoms with Crippen molar-refractivity contribution in [3.05, 3.63) is 18.2 Å². The van der Waals surface area contributed by atoms with Gasteiger partial charge in [0.2, 0.25) is 0 Å². The first-order chi connectivity index (χ1) is 8.07. The van der Waals surface area contributed by atoms with E-state index in [1.807, 2.05) is 12.1 Å². The molecule has 94 valence electrons. The SMILES string of the molecule is CC1CCC(O)(CNc2cccc(N)n2)CC1. The lowest BCUT2D eigenvalue weighted by Gasteiger charge is -2.35. The van der Waals surface area contributed by atoms with Crippen molar-refractivity contribution in [2.75, 3.05) is 17.6 Å². The van der Waals surface area contributed by atoms with Crippen LogP contribution in [0.1, 0.15) is 32.6 Å². The minimum Gasteiger partial charge on any atom is -0.388 e. The molecule has 0 bridgehead atoms. The molecule has 0 radical (unpaired) electrons. The summed E-state index contributed by atoms with van der Waals surface area (Å²) >= 11 is 0. The smallest absolute Gasteiger partial charge is 0.128 e. The number of nitrogens with zero attached hydrogens (tertiary/aromatic N) is 1.